The van der Waals surface area contributed by atoms with Gasteiger partial charge in [0.1, 0.15) is 5.75 Å². The van der Waals surface area contributed by atoms with Crippen molar-refractivity contribution in [2.45, 2.75) is 46.0 Å². The van der Waals surface area contributed by atoms with Crippen molar-refractivity contribution in [1.82, 2.24) is 10.6 Å². The quantitative estimate of drug-likeness (QED) is 0.749. The second kappa shape index (κ2) is 10.2. The van der Waals surface area contributed by atoms with Crippen LogP contribution in [0.2, 0.25) is 0 Å². The lowest BCUT2D eigenvalue weighted by Gasteiger charge is -2.27. The Morgan fingerprint density at radius 3 is 2.04 bits per heavy atom. The van der Waals surface area contributed by atoms with Crippen LogP contribution in [0.5, 0.6) is 5.75 Å². The lowest BCUT2D eigenvalue weighted by molar-refractivity contribution is -0.130. The summed E-state index contributed by atoms with van der Waals surface area (Å²) in [6.45, 7) is 5.55. The van der Waals surface area contributed by atoms with E-state index in [1.54, 1.807) is 7.11 Å². The molecule has 1 saturated carbocycles. The number of amides is 2. The minimum atomic E-state index is 0.0417. The molecule has 0 saturated heterocycles. The lowest BCUT2D eigenvalue weighted by atomic mass is 9.81. The van der Waals surface area contributed by atoms with E-state index in [1.807, 2.05) is 24.3 Å². The molecular formula is C21H32N2O3. The first-order chi connectivity index (χ1) is 12.5. The van der Waals surface area contributed by atoms with E-state index in [0.717, 1.165) is 44.4 Å². The van der Waals surface area contributed by atoms with Crippen molar-refractivity contribution < 1.29 is 14.3 Å². The van der Waals surface area contributed by atoms with Crippen molar-refractivity contribution in [2.24, 2.45) is 17.8 Å². The molecule has 5 nitrogen and oxygen atoms in total. The summed E-state index contributed by atoms with van der Waals surface area (Å²) in [5, 5.41) is 6.05. The van der Waals surface area contributed by atoms with Gasteiger partial charge in [-0.05, 0) is 55.7 Å². The van der Waals surface area contributed by atoms with E-state index >= 15 is 0 Å². The molecular weight excluding hydrogens is 328 g/mol. The van der Waals surface area contributed by atoms with Crippen molar-refractivity contribution in [3.05, 3.63) is 29.8 Å². The Kier molecular flexibility index (Phi) is 7.95. The van der Waals surface area contributed by atoms with Gasteiger partial charge in [-0.2, -0.15) is 0 Å². The van der Waals surface area contributed by atoms with E-state index in [2.05, 4.69) is 24.5 Å². The fraction of sp³-hybridized carbons (Fsp3) is 0.619. The molecule has 1 aromatic rings. The molecule has 1 fully saturated rings. The SMILES string of the molecule is COc1ccc(CCNC(=O)C2CCC(C(=O)NCC(C)C)CC2)cc1. The summed E-state index contributed by atoms with van der Waals surface area (Å²) in [5.41, 5.74) is 1.18. The minimum absolute atomic E-state index is 0.0417. The van der Waals surface area contributed by atoms with Gasteiger partial charge in [-0.25, -0.2) is 0 Å². The molecule has 1 aromatic carbocycles. The van der Waals surface area contributed by atoms with Gasteiger partial charge in [-0.3, -0.25) is 9.59 Å². The van der Waals surface area contributed by atoms with Crippen molar-refractivity contribution in [3.63, 3.8) is 0 Å². The molecule has 0 unspecified atom stereocenters. The summed E-state index contributed by atoms with van der Waals surface area (Å²) in [7, 11) is 1.65. The number of methoxy groups -OCH3 is 1. The first kappa shape index (κ1) is 20.3. The zero-order chi connectivity index (χ0) is 18.9. The molecule has 144 valence electrons. The molecule has 2 rings (SSSR count). The fourth-order valence-corrected chi connectivity index (χ4v) is 3.33. The van der Waals surface area contributed by atoms with Crippen molar-refractivity contribution in [2.75, 3.05) is 20.2 Å². The van der Waals surface area contributed by atoms with Gasteiger partial charge in [0.2, 0.25) is 11.8 Å². The summed E-state index contributed by atoms with van der Waals surface area (Å²) in [4.78, 5) is 24.5. The monoisotopic (exact) mass is 360 g/mol. The summed E-state index contributed by atoms with van der Waals surface area (Å²) < 4.78 is 5.15. The van der Waals surface area contributed by atoms with Crippen LogP contribution in [0.3, 0.4) is 0 Å². The van der Waals surface area contributed by atoms with Crippen LogP contribution in [0.1, 0.15) is 45.1 Å². The van der Waals surface area contributed by atoms with Crippen LogP contribution in [0.25, 0.3) is 0 Å². The van der Waals surface area contributed by atoms with E-state index in [1.165, 1.54) is 5.56 Å². The van der Waals surface area contributed by atoms with Crippen LogP contribution in [-0.4, -0.2) is 32.0 Å². The van der Waals surface area contributed by atoms with Gasteiger partial charge in [0.25, 0.3) is 0 Å². The first-order valence-corrected chi connectivity index (χ1v) is 9.68. The maximum atomic E-state index is 12.3. The summed E-state index contributed by atoms with van der Waals surface area (Å²) >= 11 is 0. The number of hydrogen-bond acceptors (Lipinski definition) is 3. The molecule has 0 heterocycles. The normalized spacial score (nSPS) is 19.8. The highest BCUT2D eigenvalue weighted by molar-refractivity contribution is 5.81. The zero-order valence-electron chi connectivity index (χ0n) is 16.2. The number of nitrogens with one attached hydrogen (secondary N) is 2. The first-order valence-electron chi connectivity index (χ1n) is 9.68. The second-order valence-electron chi connectivity index (χ2n) is 7.58. The van der Waals surface area contributed by atoms with Crippen molar-refractivity contribution in [3.8, 4) is 5.75 Å². The summed E-state index contributed by atoms with van der Waals surface area (Å²) in [5.74, 6) is 1.69. The Balaban J connectivity index is 1.66. The topological polar surface area (TPSA) is 67.4 Å². The van der Waals surface area contributed by atoms with Gasteiger partial charge in [0, 0.05) is 24.9 Å². The summed E-state index contributed by atoms with van der Waals surface area (Å²) in [6.07, 6.45) is 4.02. The van der Waals surface area contributed by atoms with Gasteiger partial charge < -0.3 is 15.4 Å². The maximum Gasteiger partial charge on any atom is 0.223 e. The van der Waals surface area contributed by atoms with Crippen LogP contribution < -0.4 is 15.4 Å². The highest BCUT2D eigenvalue weighted by atomic mass is 16.5. The highest BCUT2D eigenvalue weighted by Gasteiger charge is 2.29. The second-order valence-corrected chi connectivity index (χ2v) is 7.58. The molecule has 2 amide bonds. The highest BCUT2D eigenvalue weighted by Crippen LogP contribution is 2.29. The molecule has 0 aliphatic heterocycles. The van der Waals surface area contributed by atoms with Crippen LogP contribution in [0, 0.1) is 17.8 Å². The molecule has 2 N–H and O–H groups in total. The molecule has 0 atom stereocenters. The number of hydrogen-bond donors (Lipinski definition) is 2. The number of ether oxygens (including phenoxy) is 1. The Bertz CT molecular complexity index is 575. The van der Waals surface area contributed by atoms with E-state index in [9.17, 15) is 9.59 Å². The largest absolute Gasteiger partial charge is 0.497 e. The molecule has 0 spiro atoms. The smallest absolute Gasteiger partial charge is 0.223 e. The average molecular weight is 360 g/mol. The van der Waals surface area contributed by atoms with Crippen LogP contribution in [0.15, 0.2) is 24.3 Å². The zero-order valence-corrected chi connectivity index (χ0v) is 16.2. The standard InChI is InChI=1S/C21H32N2O3/c1-15(2)14-23-21(25)18-8-6-17(7-9-18)20(24)22-13-12-16-4-10-19(26-3)11-5-16/h4-5,10-11,15,17-18H,6-9,12-14H2,1-3H3,(H,22,24)(H,23,25). The average Bonchev–Trinajstić information content (AvgIpc) is 2.66. The molecule has 0 radical (unpaired) electrons. The predicted molar refractivity (Wildman–Crippen MR) is 103 cm³/mol. The fourth-order valence-electron chi connectivity index (χ4n) is 3.33. The van der Waals surface area contributed by atoms with Crippen molar-refractivity contribution in [1.29, 1.82) is 0 Å². The molecule has 0 aromatic heterocycles. The number of carbonyl (C=O) groups excluding carboxylic acids is 2. The maximum absolute atomic E-state index is 12.3. The molecule has 1 aliphatic carbocycles. The van der Waals surface area contributed by atoms with Gasteiger partial charge in [0.05, 0.1) is 7.11 Å². The third kappa shape index (κ3) is 6.36. The van der Waals surface area contributed by atoms with E-state index < -0.39 is 0 Å². The van der Waals surface area contributed by atoms with Crippen LogP contribution in [0.4, 0.5) is 0 Å². The Labute approximate surface area is 156 Å². The van der Waals surface area contributed by atoms with Gasteiger partial charge in [0.15, 0.2) is 0 Å². The number of carbonyl (C=O) groups is 2. The Morgan fingerprint density at radius 1 is 1.00 bits per heavy atom. The molecule has 5 heteroatoms. The lowest BCUT2D eigenvalue weighted by Crippen LogP contribution is -2.38. The predicted octanol–water partition coefficient (Wildman–Crippen LogP) is 2.93. The van der Waals surface area contributed by atoms with E-state index in [-0.39, 0.29) is 23.7 Å². The third-order valence-electron chi connectivity index (χ3n) is 5.03. The minimum Gasteiger partial charge on any atom is -0.497 e. The molecule has 0 bridgehead atoms. The van der Waals surface area contributed by atoms with Crippen LogP contribution in [-0.2, 0) is 16.0 Å². The summed E-state index contributed by atoms with van der Waals surface area (Å²) in [6, 6.07) is 7.91. The van der Waals surface area contributed by atoms with Gasteiger partial charge >= 0.3 is 0 Å². The number of benzene rings is 1. The van der Waals surface area contributed by atoms with E-state index in [4.69, 9.17) is 4.74 Å². The van der Waals surface area contributed by atoms with Gasteiger partial charge in [-0.1, -0.05) is 26.0 Å². The Morgan fingerprint density at radius 2 is 1.54 bits per heavy atom. The molecule has 1 aliphatic rings. The Hall–Kier alpha value is -2.04. The number of rotatable bonds is 8. The van der Waals surface area contributed by atoms with Gasteiger partial charge in [-0.15, -0.1) is 0 Å². The van der Waals surface area contributed by atoms with Crippen molar-refractivity contribution >= 4 is 11.8 Å². The van der Waals surface area contributed by atoms with E-state index in [0.29, 0.717) is 12.5 Å². The molecule has 26 heavy (non-hydrogen) atoms. The van der Waals surface area contributed by atoms with Crippen LogP contribution >= 0.6 is 0 Å². The third-order valence-corrected chi connectivity index (χ3v) is 5.03.